The number of nitrogens with one attached hydrogen (secondary N) is 2. The van der Waals surface area contributed by atoms with E-state index in [0.717, 1.165) is 11.6 Å². The van der Waals surface area contributed by atoms with Gasteiger partial charge in [0, 0.05) is 13.1 Å². The quantitative estimate of drug-likeness (QED) is 0.243. The summed E-state index contributed by atoms with van der Waals surface area (Å²) in [6.07, 6.45) is -6.50. The van der Waals surface area contributed by atoms with E-state index in [1.807, 2.05) is 0 Å². The molecule has 0 aliphatic carbocycles. The van der Waals surface area contributed by atoms with Crippen LogP contribution in [-0.4, -0.2) is 23.8 Å². The molecule has 35 heavy (non-hydrogen) atoms. The van der Waals surface area contributed by atoms with Crippen LogP contribution in [0.4, 0.5) is 17.6 Å². The van der Waals surface area contributed by atoms with Crippen LogP contribution in [0, 0.1) is 0 Å². The lowest BCUT2D eigenvalue weighted by Crippen LogP contribution is -2.29. The van der Waals surface area contributed by atoms with Gasteiger partial charge in [-0.3, -0.25) is 10.3 Å². The minimum Gasteiger partial charge on any atom is -0.479 e. The molecule has 3 N–H and O–H groups in total. The normalized spacial score (nSPS) is 12.2. The number of aliphatic carboxylic acids is 1. The highest BCUT2D eigenvalue weighted by atomic mass is 19.4. The number of carbonyl (C=O) groups is 1. The van der Waals surface area contributed by atoms with Crippen molar-refractivity contribution < 1.29 is 32.3 Å². The molecule has 1 atom stereocenters. The van der Waals surface area contributed by atoms with Crippen molar-refractivity contribution >= 4 is 11.7 Å². The first-order valence-electron chi connectivity index (χ1n) is 10.6. The van der Waals surface area contributed by atoms with Crippen LogP contribution < -0.4 is 10.8 Å². The van der Waals surface area contributed by atoms with Crippen LogP contribution in [-0.2, 0) is 29.0 Å². The molecule has 0 saturated heterocycles. The molecular formula is C26H24F4N2O3. The lowest BCUT2D eigenvalue weighted by atomic mass is 9.97. The number of hydroxylamine groups is 1. The molecule has 0 heterocycles. The summed E-state index contributed by atoms with van der Waals surface area (Å²) in [5.74, 6) is -1.52. The molecule has 0 spiro atoms. The summed E-state index contributed by atoms with van der Waals surface area (Å²) in [4.78, 5) is 15.8. The fraction of sp³-hybridized carbons (Fsp3) is 0.192. The monoisotopic (exact) mass is 488 g/mol. The van der Waals surface area contributed by atoms with E-state index >= 15 is 0 Å². The van der Waals surface area contributed by atoms with Crippen molar-refractivity contribution in [1.82, 2.24) is 10.8 Å². The van der Waals surface area contributed by atoms with Crippen molar-refractivity contribution in [3.05, 3.63) is 102 Å². The molecule has 0 bridgehead atoms. The lowest BCUT2D eigenvalue weighted by Gasteiger charge is -2.16. The summed E-state index contributed by atoms with van der Waals surface area (Å²) in [6, 6.07) is 19.4. The van der Waals surface area contributed by atoms with Gasteiger partial charge in [-0.2, -0.15) is 13.2 Å². The van der Waals surface area contributed by atoms with Gasteiger partial charge < -0.3 is 10.4 Å². The molecule has 3 aromatic rings. The maximum Gasteiger partial charge on any atom is 0.417 e. The van der Waals surface area contributed by atoms with Gasteiger partial charge in [-0.1, -0.05) is 73.3 Å². The molecular weight excluding hydrogens is 464 g/mol. The van der Waals surface area contributed by atoms with Crippen molar-refractivity contribution in [1.29, 1.82) is 0 Å². The summed E-state index contributed by atoms with van der Waals surface area (Å²) in [5, 5.41) is 11.3. The van der Waals surface area contributed by atoms with Gasteiger partial charge in [0.25, 0.3) is 0 Å². The summed E-state index contributed by atoms with van der Waals surface area (Å²) in [7, 11) is 0. The second-order valence-electron chi connectivity index (χ2n) is 7.75. The molecule has 0 aliphatic rings. The molecule has 0 amide bonds. The van der Waals surface area contributed by atoms with E-state index in [4.69, 9.17) is 9.94 Å². The van der Waals surface area contributed by atoms with E-state index in [1.165, 1.54) is 6.07 Å². The topological polar surface area (TPSA) is 70.6 Å². The average molecular weight is 488 g/mol. The maximum atomic E-state index is 13.7. The molecule has 5 nitrogen and oxygen atoms in total. The Kier molecular flexibility index (Phi) is 8.62. The van der Waals surface area contributed by atoms with Crippen LogP contribution in [0.1, 0.15) is 22.3 Å². The van der Waals surface area contributed by atoms with Gasteiger partial charge in [0.15, 0.2) is 0 Å². The van der Waals surface area contributed by atoms with Crippen LogP contribution in [0.5, 0.6) is 0 Å². The van der Waals surface area contributed by atoms with Crippen molar-refractivity contribution in [2.24, 2.45) is 0 Å². The first-order chi connectivity index (χ1) is 16.6. The number of carboxylic acids is 1. The van der Waals surface area contributed by atoms with Gasteiger partial charge >= 0.3 is 12.1 Å². The number of hydrogen-bond acceptors (Lipinski definition) is 4. The van der Waals surface area contributed by atoms with Crippen LogP contribution in [0.2, 0.25) is 0 Å². The van der Waals surface area contributed by atoms with Gasteiger partial charge in [-0.05, 0) is 33.9 Å². The molecule has 0 fully saturated rings. The molecule has 9 heteroatoms. The largest absolute Gasteiger partial charge is 0.479 e. The predicted octanol–water partition coefficient (Wildman–Crippen LogP) is 5.58. The standard InChI is InChI=1S/C26H24F4N2O3/c1-17(20-10-7-18(8-11-20)14-31-15-24(27)25(33)34)32-35-16-19-9-12-22(21-5-3-2-4-6-21)23(13-19)26(28,29)30/h2-13,24,31-32H,1,14-16H2,(H,33,34). The summed E-state index contributed by atoms with van der Waals surface area (Å²) in [6.45, 7) is 3.72. The molecule has 0 aliphatic heterocycles. The Hall–Kier alpha value is -3.69. The Morgan fingerprint density at radius 2 is 1.66 bits per heavy atom. The molecule has 0 saturated carbocycles. The van der Waals surface area contributed by atoms with Crippen molar-refractivity contribution in [2.75, 3.05) is 6.54 Å². The Morgan fingerprint density at radius 3 is 2.29 bits per heavy atom. The molecule has 0 aromatic heterocycles. The van der Waals surface area contributed by atoms with Gasteiger partial charge in [-0.15, -0.1) is 0 Å². The van der Waals surface area contributed by atoms with E-state index in [9.17, 15) is 22.4 Å². The minimum atomic E-state index is -4.52. The molecule has 0 radical (unpaired) electrons. The van der Waals surface area contributed by atoms with Gasteiger partial charge in [0.1, 0.15) is 0 Å². The number of rotatable bonds is 11. The summed E-state index contributed by atoms with van der Waals surface area (Å²) >= 11 is 0. The first-order valence-corrected chi connectivity index (χ1v) is 10.6. The third-order valence-corrected chi connectivity index (χ3v) is 5.13. The fourth-order valence-electron chi connectivity index (χ4n) is 3.30. The summed E-state index contributed by atoms with van der Waals surface area (Å²) in [5.41, 5.74) is 4.69. The van der Waals surface area contributed by atoms with Crippen LogP contribution in [0.25, 0.3) is 16.8 Å². The number of benzene rings is 3. The van der Waals surface area contributed by atoms with E-state index in [1.54, 1.807) is 60.7 Å². The zero-order valence-corrected chi connectivity index (χ0v) is 18.6. The van der Waals surface area contributed by atoms with Crippen molar-refractivity contribution in [3.63, 3.8) is 0 Å². The third-order valence-electron chi connectivity index (χ3n) is 5.13. The highest BCUT2D eigenvalue weighted by Crippen LogP contribution is 2.37. The third kappa shape index (κ3) is 7.40. The number of carboxylic acid groups (broad SMARTS) is 1. The SMILES string of the molecule is C=C(NOCc1ccc(-c2ccccc2)c(C(F)(F)F)c1)c1ccc(CNCC(F)C(=O)O)cc1. The first kappa shape index (κ1) is 25.9. The van der Waals surface area contributed by atoms with E-state index in [0.29, 0.717) is 22.4 Å². The number of hydrogen-bond donors (Lipinski definition) is 3. The van der Waals surface area contributed by atoms with Gasteiger partial charge in [0.05, 0.1) is 17.9 Å². The zero-order chi connectivity index (χ0) is 25.4. The zero-order valence-electron chi connectivity index (χ0n) is 18.6. The predicted molar refractivity (Wildman–Crippen MR) is 125 cm³/mol. The highest BCUT2D eigenvalue weighted by molar-refractivity contribution is 5.72. The summed E-state index contributed by atoms with van der Waals surface area (Å²) < 4.78 is 54.0. The maximum absolute atomic E-state index is 13.7. The van der Waals surface area contributed by atoms with Gasteiger partial charge in [-0.25, -0.2) is 9.18 Å². The van der Waals surface area contributed by atoms with Crippen LogP contribution >= 0.6 is 0 Å². The molecule has 3 rings (SSSR count). The lowest BCUT2D eigenvalue weighted by molar-refractivity contribution is -0.142. The average Bonchev–Trinajstić information content (AvgIpc) is 2.84. The van der Waals surface area contributed by atoms with Gasteiger partial charge in [0.2, 0.25) is 6.17 Å². The highest BCUT2D eigenvalue weighted by Gasteiger charge is 2.34. The molecule has 3 aromatic carbocycles. The second kappa shape index (κ2) is 11.6. The van der Waals surface area contributed by atoms with Crippen LogP contribution in [0.3, 0.4) is 0 Å². The van der Waals surface area contributed by atoms with Crippen molar-refractivity contribution in [3.8, 4) is 11.1 Å². The van der Waals surface area contributed by atoms with Crippen LogP contribution in [0.15, 0.2) is 79.4 Å². The van der Waals surface area contributed by atoms with E-state index in [-0.39, 0.29) is 25.3 Å². The van der Waals surface area contributed by atoms with E-state index < -0.39 is 23.9 Å². The van der Waals surface area contributed by atoms with E-state index in [2.05, 4.69) is 17.4 Å². The molecule has 184 valence electrons. The second-order valence-corrected chi connectivity index (χ2v) is 7.75. The molecule has 1 unspecified atom stereocenters. The van der Waals surface area contributed by atoms with Crippen molar-refractivity contribution in [2.45, 2.75) is 25.5 Å². The minimum absolute atomic E-state index is 0.0961. The Bertz CT molecular complexity index is 1150. The number of alkyl halides is 4. The number of halogens is 4. The smallest absolute Gasteiger partial charge is 0.417 e. The Labute approximate surface area is 200 Å². The Morgan fingerprint density at radius 1 is 1.00 bits per heavy atom. The fourth-order valence-corrected chi connectivity index (χ4v) is 3.30. The Balaban J connectivity index is 1.56.